The number of aromatic nitrogens is 4. The zero-order chi connectivity index (χ0) is 24.5. The Morgan fingerprint density at radius 1 is 1.17 bits per heavy atom. The summed E-state index contributed by atoms with van der Waals surface area (Å²) in [6.45, 7) is 2.55. The highest BCUT2D eigenvalue weighted by Crippen LogP contribution is 2.37. The van der Waals surface area contributed by atoms with Crippen molar-refractivity contribution in [3.8, 4) is 17.0 Å². The van der Waals surface area contributed by atoms with Gasteiger partial charge in [-0.15, -0.1) is 0 Å². The van der Waals surface area contributed by atoms with Crippen molar-refractivity contribution in [1.29, 1.82) is 0 Å². The molecular formula is C25H22Cl2N4O4. The minimum absolute atomic E-state index is 0.0305. The van der Waals surface area contributed by atoms with Crippen LogP contribution in [-0.2, 0) is 4.74 Å². The maximum atomic E-state index is 11.2. The number of carboxylic acid groups (broad SMARTS) is 1. The highest BCUT2D eigenvalue weighted by atomic mass is 35.5. The Hall–Kier alpha value is -3.20. The van der Waals surface area contributed by atoms with Crippen molar-refractivity contribution in [3.05, 3.63) is 70.2 Å². The summed E-state index contributed by atoms with van der Waals surface area (Å²) in [5, 5.41) is 15.8. The first-order valence-corrected chi connectivity index (χ1v) is 12.0. The van der Waals surface area contributed by atoms with E-state index in [0.717, 1.165) is 30.2 Å². The van der Waals surface area contributed by atoms with E-state index < -0.39 is 12.1 Å². The Morgan fingerprint density at radius 3 is 2.63 bits per heavy atom. The van der Waals surface area contributed by atoms with Gasteiger partial charge < -0.3 is 14.6 Å². The van der Waals surface area contributed by atoms with Gasteiger partial charge in [0.15, 0.2) is 6.23 Å². The molecule has 1 aliphatic rings. The molecule has 4 heterocycles. The van der Waals surface area contributed by atoms with E-state index in [2.05, 4.69) is 9.97 Å². The second kappa shape index (κ2) is 9.81. The number of carboxylic acids is 1. The standard InChI is InChI=1S/C25H22Cl2N4O4/c1-14(23-18(26)12-28-13-19(23)27)35-16-6-8-21-17(10-16)24(15-5-7-20(25(32)33)29-11-15)30-31(21)22-4-2-3-9-34-22/h5-8,10-14,22H,2-4,9H2,1H3,(H,32,33)/t14-,22?/m1/s1. The van der Waals surface area contributed by atoms with Gasteiger partial charge in [0, 0.05) is 41.7 Å². The van der Waals surface area contributed by atoms with E-state index in [9.17, 15) is 9.90 Å². The number of carbonyl (C=O) groups is 1. The van der Waals surface area contributed by atoms with Crippen LogP contribution in [0.25, 0.3) is 22.2 Å². The lowest BCUT2D eigenvalue weighted by atomic mass is 10.1. The molecule has 2 atom stereocenters. The van der Waals surface area contributed by atoms with Gasteiger partial charge in [-0.1, -0.05) is 23.2 Å². The summed E-state index contributed by atoms with van der Waals surface area (Å²) in [4.78, 5) is 19.3. The van der Waals surface area contributed by atoms with Crippen LogP contribution in [0.4, 0.5) is 0 Å². The number of aromatic carboxylic acids is 1. The molecule has 1 unspecified atom stereocenters. The van der Waals surface area contributed by atoms with Crippen LogP contribution in [0.3, 0.4) is 0 Å². The van der Waals surface area contributed by atoms with Gasteiger partial charge in [-0.25, -0.2) is 14.5 Å². The highest BCUT2D eigenvalue weighted by molar-refractivity contribution is 6.35. The van der Waals surface area contributed by atoms with Crippen molar-refractivity contribution in [1.82, 2.24) is 19.7 Å². The Balaban J connectivity index is 1.57. The molecule has 1 aliphatic heterocycles. The zero-order valence-corrected chi connectivity index (χ0v) is 20.3. The Labute approximate surface area is 211 Å². The predicted molar refractivity (Wildman–Crippen MR) is 132 cm³/mol. The summed E-state index contributed by atoms with van der Waals surface area (Å²) in [5.41, 5.74) is 2.87. The molecule has 3 aromatic heterocycles. The van der Waals surface area contributed by atoms with Crippen LogP contribution in [0.2, 0.25) is 10.0 Å². The minimum atomic E-state index is -1.08. The van der Waals surface area contributed by atoms with Crippen LogP contribution >= 0.6 is 23.2 Å². The molecule has 10 heteroatoms. The smallest absolute Gasteiger partial charge is 0.354 e. The first kappa shape index (κ1) is 23.5. The number of pyridine rings is 2. The summed E-state index contributed by atoms with van der Waals surface area (Å²) < 4.78 is 14.1. The topological polar surface area (TPSA) is 99.4 Å². The summed E-state index contributed by atoms with van der Waals surface area (Å²) in [7, 11) is 0. The van der Waals surface area contributed by atoms with E-state index in [1.807, 2.05) is 29.8 Å². The quantitative estimate of drug-likeness (QED) is 0.321. The number of hydrogen-bond acceptors (Lipinski definition) is 6. The van der Waals surface area contributed by atoms with Crippen LogP contribution < -0.4 is 4.74 Å². The van der Waals surface area contributed by atoms with Gasteiger partial charge in [-0.2, -0.15) is 5.10 Å². The van der Waals surface area contributed by atoms with Gasteiger partial charge in [0.05, 0.1) is 15.6 Å². The second-order valence-corrected chi connectivity index (χ2v) is 9.12. The van der Waals surface area contributed by atoms with Gasteiger partial charge in [-0.05, 0) is 56.5 Å². The summed E-state index contributed by atoms with van der Waals surface area (Å²) in [6.07, 6.45) is 6.93. The molecule has 35 heavy (non-hydrogen) atoms. The summed E-state index contributed by atoms with van der Waals surface area (Å²) in [6, 6.07) is 8.90. The van der Waals surface area contributed by atoms with Gasteiger partial charge in [-0.3, -0.25) is 4.98 Å². The Kier molecular flexibility index (Phi) is 6.60. The van der Waals surface area contributed by atoms with Crippen molar-refractivity contribution >= 4 is 40.1 Å². The predicted octanol–water partition coefficient (Wildman–Crippen LogP) is 6.34. The first-order valence-electron chi connectivity index (χ1n) is 11.2. The monoisotopic (exact) mass is 512 g/mol. The van der Waals surface area contributed by atoms with Crippen LogP contribution in [0.5, 0.6) is 5.75 Å². The normalized spacial score (nSPS) is 16.8. The van der Waals surface area contributed by atoms with Crippen LogP contribution in [0.15, 0.2) is 48.9 Å². The zero-order valence-electron chi connectivity index (χ0n) is 18.8. The number of benzene rings is 1. The van der Waals surface area contributed by atoms with Gasteiger partial charge in [0.1, 0.15) is 23.2 Å². The van der Waals surface area contributed by atoms with Gasteiger partial charge in [0.2, 0.25) is 0 Å². The Morgan fingerprint density at radius 2 is 1.97 bits per heavy atom. The lowest BCUT2D eigenvalue weighted by Crippen LogP contribution is -2.19. The van der Waals surface area contributed by atoms with Crippen LogP contribution in [0.1, 0.15) is 54.6 Å². The Bertz CT molecular complexity index is 1360. The average Bonchev–Trinajstić information content (AvgIpc) is 3.23. The van der Waals surface area contributed by atoms with E-state index >= 15 is 0 Å². The third kappa shape index (κ3) is 4.69. The fourth-order valence-electron chi connectivity index (χ4n) is 4.28. The number of nitrogens with zero attached hydrogens (tertiary/aromatic N) is 4. The van der Waals surface area contributed by atoms with Crippen LogP contribution in [0, 0.1) is 0 Å². The molecule has 0 bridgehead atoms. The largest absolute Gasteiger partial charge is 0.486 e. The van der Waals surface area contributed by atoms with E-state index in [1.54, 1.807) is 6.07 Å². The van der Waals surface area contributed by atoms with E-state index in [0.29, 0.717) is 39.2 Å². The molecular weight excluding hydrogens is 491 g/mol. The SMILES string of the molecule is C[C@@H](Oc1ccc2c(c1)c(-c1ccc(C(=O)O)nc1)nn2C1CCCCO1)c1c(Cl)cncc1Cl. The molecule has 1 saturated heterocycles. The van der Waals surface area contributed by atoms with Crippen molar-refractivity contribution in [2.75, 3.05) is 6.61 Å². The third-order valence-corrected chi connectivity index (χ3v) is 6.57. The molecule has 1 fully saturated rings. The number of hydrogen-bond donors (Lipinski definition) is 1. The number of rotatable bonds is 6. The molecule has 4 aromatic rings. The number of halogens is 2. The lowest BCUT2D eigenvalue weighted by molar-refractivity contribution is -0.0365. The fraction of sp³-hybridized carbons (Fsp3) is 0.280. The lowest BCUT2D eigenvalue weighted by Gasteiger charge is -2.23. The van der Waals surface area contributed by atoms with Crippen molar-refractivity contribution in [2.45, 2.75) is 38.5 Å². The highest BCUT2D eigenvalue weighted by Gasteiger charge is 2.23. The molecule has 5 rings (SSSR count). The first-order chi connectivity index (χ1) is 16.9. The van der Waals surface area contributed by atoms with Gasteiger partial charge in [0.25, 0.3) is 0 Å². The molecule has 0 spiro atoms. The van der Waals surface area contributed by atoms with Gasteiger partial charge >= 0.3 is 5.97 Å². The van der Waals surface area contributed by atoms with Crippen molar-refractivity contribution in [3.63, 3.8) is 0 Å². The van der Waals surface area contributed by atoms with E-state index in [4.69, 9.17) is 37.8 Å². The average molecular weight is 513 g/mol. The van der Waals surface area contributed by atoms with E-state index in [1.165, 1.54) is 24.7 Å². The molecule has 0 radical (unpaired) electrons. The van der Waals surface area contributed by atoms with Crippen molar-refractivity contribution in [2.24, 2.45) is 0 Å². The summed E-state index contributed by atoms with van der Waals surface area (Å²) in [5.74, 6) is -0.477. The minimum Gasteiger partial charge on any atom is -0.486 e. The molecule has 0 amide bonds. The third-order valence-electron chi connectivity index (χ3n) is 5.97. The molecule has 1 aromatic carbocycles. The number of ether oxygens (including phenoxy) is 2. The second-order valence-electron chi connectivity index (χ2n) is 8.31. The van der Waals surface area contributed by atoms with E-state index in [-0.39, 0.29) is 11.9 Å². The maximum absolute atomic E-state index is 11.2. The summed E-state index contributed by atoms with van der Waals surface area (Å²) >= 11 is 12.6. The molecule has 0 saturated carbocycles. The molecule has 180 valence electrons. The maximum Gasteiger partial charge on any atom is 0.354 e. The molecule has 1 N–H and O–H groups in total. The fourth-order valence-corrected chi connectivity index (χ4v) is 4.95. The molecule has 0 aliphatic carbocycles. The number of fused-ring (bicyclic) bond motifs is 1. The molecule has 8 nitrogen and oxygen atoms in total. The van der Waals surface area contributed by atoms with Crippen LogP contribution in [-0.4, -0.2) is 37.4 Å². The van der Waals surface area contributed by atoms with Crippen molar-refractivity contribution < 1.29 is 19.4 Å².